The first-order chi connectivity index (χ1) is 7.53. The number of hydrogen-bond acceptors (Lipinski definition) is 3. The molecule has 0 unspecified atom stereocenters. The van der Waals surface area contributed by atoms with Crippen LogP contribution >= 0.6 is 0 Å². The van der Waals surface area contributed by atoms with E-state index >= 15 is 0 Å². The normalized spacial score (nSPS) is 23.5. The fourth-order valence-corrected chi connectivity index (χ4v) is 3.39. The molecule has 4 nitrogen and oxygen atoms in total. The standard InChI is InChI=1S/C11H24N2O2S/c1-3-4-8-16(14,15)12-9-11-6-5-7-13(2)10-11/h11-12H,3-10H2,1-2H3/t11-/m0/s1. The molecule has 1 N–H and O–H groups in total. The Hall–Kier alpha value is -0.130. The van der Waals surface area contributed by atoms with Crippen molar-refractivity contribution in [3.05, 3.63) is 0 Å². The molecule has 0 aliphatic carbocycles. The van der Waals surface area contributed by atoms with E-state index in [0.29, 0.717) is 12.5 Å². The second-order valence-electron chi connectivity index (χ2n) is 4.79. The zero-order chi connectivity index (χ0) is 12.0. The highest BCUT2D eigenvalue weighted by molar-refractivity contribution is 7.89. The summed E-state index contributed by atoms with van der Waals surface area (Å²) in [7, 11) is -0.934. The zero-order valence-electron chi connectivity index (χ0n) is 10.4. The quantitative estimate of drug-likeness (QED) is 0.764. The van der Waals surface area contributed by atoms with Gasteiger partial charge in [0, 0.05) is 13.1 Å². The highest BCUT2D eigenvalue weighted by Crippen LogP contribution is 2.14. The van der Waals surface area contributed by atoms with Gasteiger partial charge < -0.3 is 4.90 Å². The molecule has 0 amide bonds. The van der Waals surface area contributed by atoms with Gasteiger partial charge >= 0.3 is 0 Å². The first kappa shape index (κ1) is 13.9. The summed E-state index contributed by atoms with van der Waals surface area (Å²) < 4.78 is 25.9. The Balaban J connectivity index is 2.27. The molecule has 1 atom stereocenters. The smallest absolute Gasteiger partial charge is 0.211 e. The second-order valence-corrected chi connectivity index (χ2v) is 6.72. The Morgan fingerprint density at radius 1 is 1.44 bits per heavy atom. The van der Waals surface area contributed by atoms with Crippen LogP contribution in [-0.4, -0.2) is 45.8 Å². The van der Waals surface area contributed by atoms with Crippen LogP contribution < -0.4 is 4.72 Å². The van der Waals surface area contributed by atoms with Crippen molar-refractivity contribution in [1.29, 1.82) is 0 Å². The molecular weight excluding hydrogens is 224 g/mol. The van der Waals surface area contributed by atoms with Crippen molar-refractivity contribution in [2.45, 2.75) is 32.6 Å². The van der Waals surface area contributed by atoms with Crippen molar-refractivity contribution in [2.75, 3.05) is 32.4 Å². The van der Waals surface area contributed by atoms with E-state index in [4.69, 9.17) is 0 Å². The molecule has 0 radical (unpaired) electrons. The molecular formula is C11H24N2O2S. The van der Waals surface area contributed by atoms with Crippen LogP contribution in [0.4, 0.5) is 0 Å². The van der Waals surface area contributed by atoms with Gasteiger partial charge in [-0.25, -0.2) is 13.1 Å². The van der Waals surface area contributed by atoms with Crippen LogP contribution in [0.3, 0.4) is 0 Å². The molecule has 16 heavy (non-hydrogen) atoms. The Kier molecular flexibility index (Phi) is 5.72. The van der Waals surface area contributed by atoms with E-state index in [1.165, 1.54) is 6.42 Å². The predicted molar refractivity (Wildman–Crippen MR) is 66.9 cm³/mol. The van der Waals surface area contributed by atoms with E-state index in [-0.39, 0.29) is 5.75 Å². The van der Waals surface area contributed by atoms with Crippen LogP contribution in [0.15, 0.2) is 0 Å². The van der Waals surface area contributed by atoms with Crippen LogP contribution in [0, 0.1) is 5.92 Å². The second kappa shape index (κ2) is 6.57. The number of piperidine rings is 1. The van der Waals surface area contributed by atoms with Crippen molar-refractivity contribution >= 4 is 10.0 Å². The van der Waals surface area contributed by atoms with Crippen LogP contribution in [-0.2, 0) is 10.0 Å². The van der Waals surface area contributed by atoms with Gasteiger partial charge in [-0.3, -0.25) is 0 Å². The molecule has 0 bridgehead atoms. The third kappa shape index (κ3) is 5.27. The minimum atomic E-state index is -3.03. The highest BCUT2D eigenvalue weighted by atomic mass is 32.2. The molecule has 1 heterocycles. The van der Waals surface area contributed by atoms with Gasteiger partial charge in [0.05, 0.1) is 5.75 Å². The summed E-state index contributed by atoms with van der Waals surface area (Å²) in [5.41, 5.74) is 0. The summed E-state index contributed by atoms with van der Waals surface area (Å²) in [6.45, 7) is 4.76. The van der Waals surface area contributed by atoms with Gasteiger partial charge in [0.15, 0.2) is 0 Å². The van der Waals surface area contributed by atoms with Gasteiger partial charge in [0.1, 0.15) is 0 Å². The predicted octanol–water partition coefficient (Wildman–Crippen LogP) is 1.05. The van der Waals surface area contributed by atoms with Crippen molar-refractivity contribution in [3.8, 4) is 0 Å². The zero-order valence-corrected chi connectivity index (χ0v) is 11.2. The van der Waals surface area contributed by atoms with Crippen molar-refractivity contribution in [2.24, 2.45) is 5.92 Å². The number of nitrogens with zero attached hydrogens (tertiary/aromatic N) is 1. The Labute approximate surface area is 99.5 Å². The topological polar surface area (TPSA) is 49.4 Å². The van der Waals surface area contributed by atoms with Crippen LogP contribution in [0.1, 0.15) is 32.6 Å². The van der Waals surface area contributed by atoms with E-state index < -0.39 is 10.0 Å². The molecule has 1 rings (SSSR count). The van der Waals surface area contributed by atoms with Crippen LogP contribution in [0.2, 0.25) is 0 Å². The average molecular weight is 248 g/mol. The molecule has 0 aromatic rings. The summed E-state index contributed by atoms with van der Waals surface area (Å²) in [5, 5.41) is 0. The lowest BCUT2D eigenvalue weighted by Gasteiger charge is -2.29. The number of nitrogens with one attached hydrogen (secondary N) is 1. The first-order valence-corrected chi connectivity index (χ1v) is 7.84. The molecule has 96 valence electrons. The Bertz CT molecular complexity index is 290. The number of unbranched alkanes of at least 4 members (excludes halogenated alkanes) is 1. The third-order valence-corrected chi connectivity index (χ3v) is 4.51. The summed E-state index contributed by atoms with van der Waals surface area (Å²) in [6.07, 6.45) is 3.99. The van der Waals surface area contributed by atoms with Gasteiger partial charge in [-0.15, -0.1) is 0 Å². The molecule has 0 aromatic heterocycles. The third-order valence-electron chi connectivity index (χ3n) is 3.08. The van der Waals surface area contributed by atoms with Gasteiger partial charge in [-0.1, -0.05) is 13.3 Å². The Morgan fingerprint density at radius 2 is 2.19 bits per heavy atom. The molecule has 1 aliphatic heterocycles. The number of rotatable bonds is 6. The van der Waals surface area contributed by atoms with E-state index in [0.717, 1.165) is 32.4 Å². The molecule has 1 aliphatic rings. The Morgan fingerprint density at radius 3 is 2.81 bits per heavy atom. The van der Waals surface area contributed by atoms with Gasteiger partial charge in [0.2, 0.25) is 10.0 Å². The van der Waals surface area contributed by atoms with Crippen molar-refractivity contribution in [3.63, 3.8) is 0 Å². The van der Waals surface area contributed by atoms with Crippen molar-refractivity contribution in [1.82, 2.24) is 9.62 Å². The van der Waals surface area contributed by atoms with Crippen LogP contribution in [0.25, 0.3) is 0 Å². The maximum atomic E-state index is 11.6. The largest absolute Gasteiger partial charge is 0.306 e. The molecule has 1 fully saturated rings. The van der Waals surface area contributed by atoms with E-state index in [9.17, 15) is 8.42 Å². The summed E-state index contributed by atoms with van der Waals surface area (Å²) >= 11 is 0. The maximum absolute atomic E-state index is 11.6. The van der Waals surface area contributed by atoms with Gasteiger partial charge in [0.25, 0.3) is 0 Å². The van der Waals surface area contributed by atoms with Crippen molar-refractivity contribution < 1.29 is 8.42 Å². The summed E-state index contributed by atoms with van der Waals surface area (Å²) in [6, 6.07) is 0. The van der Waals surface area contributed by atoms with Gasteiger partial charge in [-0.05, 0) is 38.8 Å². The molecule has 0 aromatic carbocycles. The monoisotopic (exact) mass is 248 g/mol. The minimum Gasteiger partial charge on any atom is -0.306 e. The fraction of sp³-hybridized carbons (Fsp3) is 1.00. The number of likely N-dealkylation sites (tertiary alicyclic amines) is 1. The first-order valence-electron chi connectivity index (χ1n) is 6.19. The van der Waals surface area contributed by atoms with Crippen LogP contribution in [0.5, 0.6) is 0 Å². The van der Waals surface area contributed by atoms with E-state index in [2.05, 4.69) is 16.7 Å². The minimum absolute atomic E-state index is 0.270. The van der Waals surface area contributed by atoms with Gasteiger partial charge in [-0.2, -0.15) is 0 Å². The number of hydrogen-bond donors (Lipinski definition) is 1. The lowest BCUT2D eigenvalue weighted by Crippen LogP contribution is -2.39. The van der Waals surface area contributed by atoms with E-state index in [1.54, 1.807) is 0 Å². The lowest BCUT2D eigenvalue weighted by atomic mass is 9.99. The molecule has 5 heteroatoms. The molecule has 0 spiro atoms. The lowest BCUT2D eigenvalue weighted by molar-refractivity contribution is 0.211. The van der Waals surface area contributed by atoms with E-state index in [1.807, 2.05) is 6.92 Å². The average Bonchev–Trinajstić information content (AvgIpc) is 2.24. The highest BCUT2D eigenvalue weighted by Gasteiger charge is 2.19. The maximum Gasteiger partial charge on any atom is 0.211 e. The summed E-state index contributed by atoms with van der Waals surface area (Å²) in [5.74, 6) is 0.752. The fourth-order valence-electron chi connectivity index (χ4n) is 2.09. The number of sulfonamides is 1. The molecule has 1 saturated heterocycles. The SMILES string of the molecule is CCCCS(=O)(=O)NC[C@@H]1CCCN(C)C1. The summed E-state index contributed by atoms with van der Waals surface area (Å²) in [4.78, 5) is 2.27. The molecule has 0 saturated carbocycles.